The molecule has 7 nitrogen and oxygen atoms in total. The van der Waals surface area contributed by atoms with E-state index in [-0.39, 0.29) is 0 Å². The standard InChI is InChI=1S/C24H21N7/c1-17-6-4-8-19(28-17)22-23(31-15-3-2-9-21(31)30-22)20-11-14-27-24(29-20)26-13-10-18-7-5-12-25-16-18/h2-9,11-12,14-16H,10,13H2,1H3,(H,26,27,29). The number of rotatable bonds is 6. The fourth-order valence-corrected chi connectivity index (χ4v) is 3.53. The molecular weight excluding hydrogens is 386 g/mol. The molecule has 5 heterocycles. The van der Waals surface area contributed by atoms with Gasteiger partial charge in [-0.15, -0.1) is 0 Å². The summed E-state index contributed by atoms with van der Waals surface area (Å²) in [6.07, 6.45) is 8.26. The third-order valence-electron chi connectivity index (χ3n) is 4.98. The van der Waals surface area contributed by atoms with Crippen molar-refractivity contribution in [3.8, 4) is 22.8 Å². The molecule has 0 spiro atoms. The predicted octanol–water partition coefficient (Wildman–Crippen LogP) is 4.21. The first-order valence-electron chi connectivity index (χ1n) is 10.2. The third-order valence-corrected chi connectivity index (χ3v) is 4.98. The van der Waals surface area contributed by atoms with Gasteiger partial charge in [-0.2, -0.15) is 0 Å². The number of nitrogens with zero attached hydrogens (tertiary/aromatic N) is 6. The summed E-state index contributed by atoms with van der Waals surface area (Å²) in [5.74, 6) is 0.579. The van der Waals surface area contributed by atoms with Gasteiger partial charge in [0.1, 0.15) is 17.0 Å². The van der Waals surface area contributed by atoms with Crippen LogP contribution in [0.4, 0.5) is 5.95 Å². The summed E-state index contributed by atoms with van der Waals surface area (Å²) in [6, 6.07) is 17.8. The Morgan fingerprint density at radius 2 is 1.84 bits per heavy atom. The lowest BCUT2D eigenvalue weighted by Gasteiger charge is -2.08. The van der Waals surface area contributed by atoms with E-state index in [1.54, 1.807) is 12.4 Å². The van der Waals surface area contributed by atoms with Crippen LogP contribution in [0.1, 0.15) is 11.3 Å². The molecule has 7 heteroatoms. The maximum absolute atomic E-state index is 4.84. The molecule has 0 unspecified atom stereocenters. The second-order valence-electron chi connectivity index (χ2n) is 7.21. The van der Waals surface area contributed by atoms with Gasteiger partial charge in [0.25, 0.3) is 0 Å². The van der Waals surface area contributed by atoms with Gasteiger partial charge in [-0.1, -0.05) is 18.2 Å². The van der Waals surface area contributed by atoms with Gasteiger partial charge >= 0.3 is 0 Å². The van der Waals surface area contributed by atoms with Gasteiger partial charge in [0, 0.05) is 37.0 Å². The van der Waals surface area contributed by atoms with Crippen molar-refractivity contribution < 1.29 is 0 Å². The highest BCUT2D eigenvalue weighted by Crippen LogP contribution is 2.31. The Kier molecular flexibility index (Phi) is 5.06. The van der Waals surface area contributed by atoms with Crippen molar-refractivity contribution in [1.82, 2.24) is 29.3 Å². The van der Waals surface area contributed by atoms with Crippen LogP contribution in [0.25, 0.3) is 28.4 Å². The summed E-state index contributed by atoms with van der Waals surface area (Å²) in [5, 5.41) is 3.32. The van der Waals surface area contributed by atoms with Gasteiger partial charge < -0.3 is 5.32 Å². The highest BCUT2D eigenvalue weighted by Gasteiger charge is 2.18. The summed E-state index contributed by atoms with van der Waals surface area (Å²) in [6.45, 7) is 2.70. The Morgan fingerprint density at radius 1 is 0.871 bits per heavy atom. The first kappa shape index (κ1) is 18.9. The van der Waals surface area contributed by atoms with Crippen LogP contribution < -0.4 is 5.32 Å². The number of pyridine rings is 3. The minimum Gasteiger partial charge on any atom is -0.354 e. The molecule has 0 atom stereocenters. The molecule has 0 aromatic carbocycles. The monoisotopic (exact) mass is 407 g/mol. The highest BCUT2D eigenvalue weighted by atomic mass is 15.1. The van der Waals surface area contributed by atoms with Crippen molar-refractivity contribution in [3.05, 3.63) is 90.6 Å². The van der Waals surface area contributed by atoms with Crippen LogP contribution in [0.5, 0.6) is 0 Å². The van der Waals surface area contributed by atoms with E-state index in [0.29, 0.717) is 12.5 Å². The minimum absolute atomic E-state index is 0.579. The molecule has 5 rings (SSSR count). The molecule has 5 aromatic heterocycles. The number of fused-ring (bicyclic) bond motifs is 1. The molecule has 0 amide bonds. The zero-order valence-electron chi connectivity index (χ0n) is 17.1. The lowest BCUT2D eigenvalue weighted by atomic mass is 10.1. The Bertz CT molecular complexity index is 1330. The number of nitrogens with one attached hydrogen (secondary N) is 1. The van der Waals surface area contributed by atoms with Crippen LogP contribution in [-0.2, 0) is 6.42 Å². The summed E-state index contributed by atoms with van der Waals surface area (Å²) in [4.78, 5) is 22.9. The van der Waals surface area contributed by atoms with Gasteiger partial charge in [0.05, 0.1) is 11.4 Å². The van der Waals surface area contributed by atoms with Crippen molar-refractivity contribution in [3.63, 3.8) is 0 Å². The number of hydrogen-bond donors (Lipinski definition) is 1. The summed E-state index contributed by atoms with van der Waals surface area (Å²) in [5.41, 5.74) is 6.27. The summed E-state index contributed by atoms with van der Waals surface area (Å²) in [7, 11) is 0. The maximum atomic E-state index is 4.84. The Hall–Kier alpha value is -4.13. The second-order valence-corrected chi connectivity index (χ2v) is 7.21. The lowest BCUT2D eigenvalue weighted by Crippen LogP contribution is -2.08. The molecule has 5 aromatic rings. The number of aryl methyl sites for hydroxylation is 1. The van der Waals surface area contributed by atoms with E-state index in [9.17, 15) is 0 Å². The molecule has 0 fully saturated rings. The quantitative estimate of drug-likeness (QED) is 0.454. The van der Waals surface area contributed by atoms with Crippen molar-refractivity contribution in [2.75, 3.05) is 11.9 Å². The minimum atomic E-state index is 0.579. The molecule has 0 aliphatic carbocycles. The van der Waals surface area contributed by atoms with E-state index in [2.05, 4.69) is 26.3 Å². The predicted molar refractivity (Wildman–Crippen MR) is 121 cm³/mol. The Morgan fingerprint density at radius 3 is 2.71 bits per heavy atom. The lowest BCUT2D eigenvalue weighted by molar-refractivity contribution is 0.974. The van der Waals surface area contributed by atoms with E-state index in [0.717, 1.165) is 40.5 Å². The molecule has 31 heavy (non-hydrogen) atoms. The molecule has 0 bridgehead atoms. The maximum Gasteiger partial charge on any atom is 0.223 e. The molecule has 0 saturated carbocycles. The van der Waals surface area contributed by atoms with E-state index in [1.165, 1.54) is 5.56 Å². The zero-order chi connectivity index (χ0) is 21.0. The molecule has 0 saturated heterocycles. The van der Waals surface area contributed by atoms with Crippen LogP contribution in [0.3, 0.4) is 0 Å². The van der Waals surface area contributed by atoms with Crippen LogP contribution in [0.15, 0.2) is 79.4 Å². The smallest absolute Gasteiger partial charge is 0.223 e. The fraction of sp³-hybridized carbons (Fsp3) is 0.125. The zero-order valence-corrected chi connectivity index (χ0v) is 17.1. The SMILES string of the molecule is Cc1cccc(-c2nc3ccccn3c2-c2ccnc(NCCc3cccnc3)n2)n1. The molecule has 0 aliphatic rings. The number of hydrogen-bond acceptors (Lipinski definition) is 6. The highest BCUT2D eigenvalue weighted by molar-refractivity contribution is 5.79. The van der Waals surface area contributed by atoms with Crippen molar-refractivity contribution >= 4 is 11.6 Å². The largest absolute Gasteiger partial charge is 0.354 e. The molecular formula is C24H21N7. The van der Waals surface area contributed by atoms with E-state index in [4.69, 9.17) is 9.97 Å². The van der Waals surface area contributed by atoms with Crippen LogP contribution >= 0.6 is 0 Å². The van der Waals surface area contributed by atoms with E-state index in [1.807, 2.05) is 72.2 Å². The van der Waals surface area contributed by atoms with Gasteiger partial charge in [0.15, 0.2) is 0 Å². The first-order valence-corrected chi connectivity index (χ1v) is 10.2. The van der Waals surface area contributed by atoms with Crippen LogP contribution in [0, 0.1) is 6.92 Å². The average Bonchev–Trinajstić information content (AvgIpc) is 3.20. The van der Waals surface area contributed by atoms with Gasteiger partial charge in [-0.25, -0.2) is 15.0 Å². The number of aromatic nitrogens is 6. The summed E-state index contributed by atoms with van der Waals surface area (Å²) >= 11 is 0. The Balaban J connectivity index is 1.50. The van der Waals surface area contributed by atoms with Crippen molar-refractivity contribution in [2.45, 2.75) is 13.3 Å². The van der Waals surface area contributed by atoms with Crippen LogP contribution in [0.2, 0.25) is 0 Å². The first-order chi connectivity index (χ1) is 15.3. The third kappa shape index (κ3) is 3.98. The van der Waals surface area contributed by atoms with Crippen molar-refractivity contribution in [2.24, 2.45) is 0 Å². The molecule has 152 valence electrons. The van der Waals surface area contributed by atoms with Crippen molar-refractivity contribution in [1.29, 1.82) is 0 Å². The molecule has 1 N–H and O–H groups in total. The topological polar surface area (TPSA) is 80.9 Å². The number of anilines is 1. The van der Waals surface area contributed by atoms with Gasteiger partial charge in [-0.05, 0) is 55.3 Å². The second kappa shape index (κ2) is 8.31. The van der Waals surface area contributed by atoms with E-state index >= 15 is 0 Å². The fourth-order valence-electron chi connectivity index (χ4n) is 3.53. The molecule has 0 radical (unpaired) electrons. The summed E-state index contributed by atoms with van der Waals surface area (Å²) < 4.78 is 2.04. The van der Waals surface area contributed by atoms with E-state index < -0.39 is 0 Å². The normalized spacial score (nSPS) is 11.0. The van der Waals surface area contributed by atoms with Crippen LogP contribution in [-0.4, -0.2) is 35.9 Å². The van der Waals surface area contributed by atoms with Gasteiger partial charge in [0.2, 0.25) is 5.95 Å². The molecule has 0 aliphatic heterocycles. The number of imidazole rings is 1. The Labute approximate surface area is 179 Å². The average molecular weight is 407 g/mol. The van der Waals surface area contributed by atoms with Gasteiger partial charge in [-0.3, -0.25) is 14.4 Å².